The van der Waals surface area contributed by atoms with Gasteiger partial charge >= 0.3 is 0 Å². The first kappa shape index (κ1) is 19.0. The molecule has 0 aromatic heterocycles. The lowest BCUT2D eigenvalue weighted by molar-refractivity contribution is -0.384. The third-order valence-corrected chi connectivity index (χ3v) is 6.89. The first-order chi connectivity index (χ1) is 15.6. The Labute approximate surface area is 192 Å². The number of benzene rings is 6. The van der Waals surface area contributed by atoms with Gasteiger partial charge in [0, 0.05) is 10.5 Å². The second-order valence-corrected chi connectivity index (χ2v) is 8.79. The fraction of sp³-hybridized carbons (Fsp3) is 0. The van der Waals surface area contributed by atoms with Crippen LogP contribution in [-0.4, -0.2) is 4.92 Å². The molecule has 0 heterocycles. The van der Waals surface area contributed by atoms with Gasteiger partial charge in [0.15, 0.2) is 0 Å². The summed E-state index contributed by atoms with van der Waals surface area (Å²) in [4.78, 5) is 11.8. The fourth-order valence-corrected chi connectivity index (χ4v) is 5.18. The van der Waals surface area contributed by atoms with Crippen LogP contribution in [0.1, 0.15) is 0 Å². The number of nitro benzene ring substituents is 1. The van der Waals surface area contributed by atoms with Crippen LogP contribution >= 0.6 is 15.9 Å². The Morgan fingerprint density at radius 1 is 0.625 bits per heavy atom. The first-order valence-corrected chi connectivity index (χ1v) is 11.1. The number of hydrogen-bond acceptors (Lipinski definition) is 2. The van der Waals surface area contributed by atoms with Gasteiger partial charge in [0.2, 0.25) is 0 Å². The van der Waals surface area contributed by atoms with E-state index in [2.05, 4.69) is 58.4 Å². The van der Waals surface area contributed by atoms with E-state index in [-0.39, 0.29) is 10.6 Å². The van der Waals surface area contributed by atoms with Crippen molar-refractivity contribution in [1.29, 1.82) is 0 Å². The molecule has 0 aliphatic rings. The first-order valence-electron chi connectivity index (χ1n) is 10.3. The Hall–Kier alpha value is -3.76. The fourth-order valence-electron chi connectivity index (χ4n) is 4.72. The van der Waals surface area contributed by atoms with Crippen molar-refractivity contribution in [1.82, 2.24) is 0 Å². The van der Waals surface area contributed by atoms with Crippen LogP contribution < -0.4 is 0 Å². The molecule has 6 rings (SSSR count). The molecule has 6 aromatic rings. The maximum atomic E-state index is 12.1. The van der Waals surface area contributed by atoms with Crippen molar-refractivity contribution in [2.24, 2.45) is 0 Å². The molecule has 6 aromatic carbocycles. The Balaban J connectivity index is 1.66. The number of nitro groups is 1. The summed E-state index contributed by atoms with van der Waals surface area (Å²) in [5.74, 6) is 0. The van der Waals surface area contributed by atoms with Crippen LogP contribution in [0.2, 0.25) is 0 Å². The Morgan fingerprint density at radius 2 is 1.25 bits per heavy atom. The topological polar surface area (TPSA) is 43.1 Å². The zero-order valence-electron chi connectivity index (χ0n) is 16.9. The van der Waals surface area contributed by atoms with Crippen molar-refractivity contribution < 1.29 is 4.92 Å². The van der Waals surface area contributed by atoms with Gasteiger partial charge in [0.1, 0.15) is 0 Å². The highest BCUT2D eigenvalue weighted by Gasteiger charge is 2.20. The third kappa shape index (κ3) is 2.80. The summed E-state index contributed by atoms with van der Waals surface area (Å²) in [5.41, 5.74) is 3.41. The van der Waals surface area contributed by atoms with Crippen LogP contribution in [0, 0.1) is 10.1 Å². The molecule has 152 valence electrons. The molecule has 0 atom stereocenters. The minimum Gasteiger partial charge on any atom is -0.258 e. The Morgan fingerprint density at radius 3 is 2.00 bits per heavy atom. The minimum absolute atomic E-state index is 0.113. The summed E-state index contributed by atoms with van der Waals surface area (Å²) in [6, 6.07) is 31.9. The highest BCUT2D eigenvalue weighted by molar-refractivity contribution is 9.10. The standard InChI is InChI=1S/C28H16BrNO2/c29-25-15-10-19-7-6-18-8-11-21(23-13-14-24(25)28(19)27(18)23)22-12-9-20(16-26(22)30(31)32)17-4-2-1-3-5-17/h1-16H. The molecule has 0 saturated carbocycles. The zero-order valence-corrected chi connectivity index (χ0v) is 18.5. The molecule has 0 saturated heterocycles. The van der Waals surface area contributed by atoms with E-state index >= 15 is 0 Å². The lowest BCUT2D eigenvalue weighted by atomic mass is 9.89. The smallest absolute Gasteiger partial charge is 0.258 e. The quantitative estimate of drug-likeness (QED) is 0.145. The van der Waals surface area contributed by atoms with E-state index in [0.717, 1.165) is 48.1 Å². The summed E-state index contributed by atoms with van der Waals surface area (Å²) in [7, 11) is 0. The SMILES string of the molecule is O=[N+]([O-])c1cc(-c2ccccc2)ccc1-c1ccc2ccc3ccc(Br)c4ccc1c2c34. The summed E-state index contributed by atoms with van der Waals surface area (Å²) >= 11 is 3.68. The third-order valence-electron chi connectivity index (χ3n) is 6.20. The molecular formula is C28H16BrNO2. The maximum absolute atomic E-state index is 12.1. The molecule has 0 amide bonds. The maximum Gasteiger partial charge on any atom is 0.277 e. The molecule has 0 radical (unpaired) electrons. The van der Waals surface area contributed by atoms with Crippen molar-refractivity contribution in [2.75, 3.05) is 0 Å². The molecule has 3 nitrogen and oxygen atoms in total. The lowest BCUT2D eigenvalue weighted by Crippen LogP contribution is -1.94. The highest BCUT2D eigenvalue weighted by atomic mass is 79.9. The van der Waals surface area contributed by atoms with Crippen molar-refractivity contribution in [3.63, 3.8) is 0 Å². The number of hydrogen-bond donors (Lipinski definition) is 0. The zero-order chi connectivity index (χ0) is 21.8. The van der Waals surface area contributed by atoms with Gasteiger partial charge in [0.25, 0.3) is 5.69 Å². The molecule has 0 aliphatic heterocycles. The van der Waals surface area contributed by atoms with Crippen LogP contribution in [0.3, 0.4) is 0 Å². The molecule has 0 spiro atoms. The molecule has 32 heavy (non-hydrogen) atoms. The Bertz CT molecular complexity index is 1660. The average Bonchev–Trinajstić information content (AvgIpc) is 2.84. The number of rotatable bonds is 3. The largest absolute Gasteiger partial charge is 0.277 e. The summed E-state index contributed by atoms with van der Waals surface area (Å²) in [5, 5.41) is 18.9. The van der Waals surface area contributed by atoms with Gasteiger partial charge in [-0.15, -0.1) is 0 Å². The van der Waals surface area contributed by atoms with E-state index in [4.69, 9.17) is 0 Å². The minimum atomic E-state index is -0.281. The predicted octanol–water partition coefficient (Wildman–Crippen LogP) is 8.59. The van der Waals surface area contributed by atoms with Crippen LogP contribution in [0.4, 0.5) is 5.69 Å². The van der Waals surface area contributed by atoms with Crippen molar-refractivity contribution >= 4 is 53.9 Å². The van der Waals surface area contributed by atoms with Crippen LogP contribution in [0.5, 0.6) is 0 Å². The lowest BCUT2D eigenvalue weighted by Gasteiger charge is -2.15. The van der Waals surface area contributed by atoms with Crippen LogP contribution in [-0.2, 0) is 0 Å². The average molecular weight is 478 g/mol. The van der Waals surface area contributed by atoms with Crippen LogP contribution in [0.15, 0.2) is 102 Å². The van der Waals surface area contributed by atoms with Crippen molar-refractivity contribution in [3.05, 3.63) is 112 Å². The predicted molar refractivity (Wildman–Crippen MR) is 135 cm³/mol. The molecule has 0 unspecified atom stereocenters. The van der Waals surface area contributed by atoms with Gasteiger partial charge in [-0.3, -0.25) is 10.1 Å². The highest BCUT2D eigenvalue weighted by Crippen LogP contribution is 2.43. The summed E-state index contributed by atoms with van der Waals surface area (Å²) in [6.07, 6.45) is 0. The molecule has 0 fully saturated rings. The van der Waals surface area contributed by atoms with Crippen molar-refractivity contribution in [2.45, 2.75) is 0 Å². The monoisotopic (exact) mass is 477 g/mol. The number of nitrogens with zero attached hydrogens (tertiary/aromatic N) is 1. The van der Waals surface area contributed by atoms with Crippen molar-refractivity contribution in [3.8, 4) is 22.3 Å². The number of halogens is 1. The summed E-state index contributed by atoms with van der Waals surface area (Å²) < 4.78 is 1.04. The van der Waals surface area contributed by atoms with Gasteiger partial charge in [-0.25, -0.2) is 0 Å². The van der Waals surface area contributed by atoms with Gasteiger partial charge < -0.3 is 0 Å². The normalized spacial score (nSPS) is 11.5. The molecular weight excluding hydrogens is 462 g/mol. The van der Waals surface area contributed by atoms with E-state index in [0.29, 0.717) is 5.56 Å². The molecule has 0 N–H and O–H groups in total. The summed E-state index contributed by atoms with van der Waals surface area (Å²) in [6.45, 7) is 0. The van der Waals surface area contributed by atoms with E-state index in [9.17, 15) is 10.1 Å². The van der Waals surface area contributed by atoms with Gasteiger partial charge in [-0.2, -0.15) is 0 Å². The Kier molecular flexibility index (Phi) is 4.23. The molecule has 0 aliphatic carbocycles. The molecule has 4 heteroatoms. The van der Waals surface area contributed by atoms with Gasteiger partial charge in [0.05, 0.1) is 10.5 Å². The van der Waals surface area contributed by atoms with E-state index in [1.54, 1.807) is 6.07 Å². The van der Waals surface area contributed by atoms with E-state index in [1.165, 1.54) is 5.39 Å². The van der Waals surface area contributed by atoms with Gasteiger partial charge in [-0.1, -0.05) is 94.8 Å². The van der Waals surface area contributed by atoms with E-state index < -0.39 is 0 Å². The molecule has 0 bridgehead atoms. The second-order valence-electron chi connectivity index (χ2n) is 7.94. The van der Waals surface area contributed by atoms with Crippen LogP contribution in [0.25, 0.3) is 54.6 Å². The van der Waals surface area contributed by atoms with Gasteiger partial charge in [-0.05, 0) is 61.1 Å². The van der Waals surface area contributed by atoms with E-state index in [1.807, 2.05) is 48.5 Å². The second kappa shape index (κ2) is 7.14.